The SMILES string of the molecule is CCCc1nc(C(=O)N2CCN(C(=O)C(C)C)CC2)n[nH]1. The number of carbonyl (C=O) groups excluding carboxylic acids is 2. The van der Waals surface area contributed by atoms with Gasteiger partial charge in [0.15, 0.2) is 0 Å². The average Bonchev–Trinajstić information content (AvgIpc) is 2.95. The molecule has 7 heteroatoms. The van der Waals surface area contributed by atoms with Crippen LogP contribution in [0.2, 0.25) is 0 Å². The number of rotatable bonds is 4. The molecule has 0 saturated carbocycles. The summed E-state index contributed by atoms with van der Waals surface area (Å²) in [5.41, 5.74) is 0. The minimum absolute atomic E-state index is 0.00291. The molecule has 1 fully saturated rings. The number of aromatic amines is 1. The van der Waals surface area contributed by atoms with E-state index in [1.165, 1.54) is 0 Å². The molecule has 2 rings (SSSR count). The highest BCUT2D eigenvalue weighted by atomic mass is 16.2. The zero-order valence-corrected chi connectivity index (χ0v) is 12.9. The highest BCUT2D eigenvalue weighted by Crippen LogP contribution is 2.09. The fourth-order valence-corrected chi connectivity index (χ4v) is 2.38. The Morgan fingerprint density at radius 1 is 1.19 bits per heavy atom. The van der Waals surface area contributed by atoms with Crippen molar-refractivity contribution in [1.82, 2.24) is 25.0 Å². The van der Waals surface area contributed by atoms with Gasteiger partial charge in [0.25, 0.3) is 5.91 Å². The van der Waals surface area contributed by atoms with Crippen molar-refractivity contribution in [2.75, 3.05) is 26.2 Å². The second-order valence-corrected chi connectivity index (χ2v) is 5.63. The summed E-state index contributed by atoms with van der Waals surface area (Å²) in [6, 6.07) is 0. The third-order valence-corrected chi connectivity index (χ3v) is 3.58. The maximum Gasteiger partial charge on any atom is 0.293 e. The molecule has 0 aliphatic carbocycles. The van der Waals surface area contributed by atoms with Crippen molar-refractivity contribution in [2.24, 2.45) is 5.92 Å². The van der Waals surface area contributed by atoms with Crippen LogP contribution in [0.25, 0.3) is 0 Å². The van der Waals surface area contributed by atoms with Gasteiger partial charge in [-0.15, -0.1) is 5.10 Å². The van der Waals surface area contributed by atoms with Crippen molar-refractivity contribution in [1.29, 1.82) is 0 Å². The van der Waals surface area contributed by atoms with Crippen LogP contribution in [-0.2, 0) is 11.2 Å². The first-order valence-electron chi connectivity index (χ1n) is 7.52. The maximum absolute atomic E-state index is 12.3. The van der Waals surface area contributed by atoms with E-state index in [0.717, 1.165) is 18.7 Å². The Bertz CT molecular complexity index is 503. The van der Waals surface area contributed by atoms with Crippen LogP contribution in [0.1, 0.15) is 43.6 Å². The van der Waals surface area contributed by atoms with E-state index < -0.39 is 0 Å². The van der Waals surface area contributed by atoms with Gasteiger partial charge in [0.1, 0.15) is 5.82 Å². The zero-order chi connectivity index (χ0) is 15.4. The molecule has 0 atom stereocenters. The fourth-order valence-electron chi connectivity index (χ4n) is 2.38. The van der Waals surface area contributed by atoms with E-state index in [2.05, 4.69) is 22.1 Å². The molecule has 1 saturated heterocycles. The molecular formula is C14H23N5O2. The lowest BCUT2D eigenvalue weighted by molar-refractivity contribution is -0.135. The molecule has 2 heterocycles. The number of amides is 2. The Morgan fingerprint density at radius 3 is 2.38 bits per heavy atom. The van der Waals surface area contributed by atoms with E-state index >= 15 is 0 Å². The molecule has 1 aromatic heterocycles. The highest BCUT2D eigenvalue weighted by Gasteiger charge is 2.27. The number of hydrogen-bond acceptors (Lipinski definition) is 4. The molecule has 7 nitrogen and oxygen atoms in total. The summed E-state index contributed by atoms with van der Waals surface area (Å²) in [5.74, 6) is 0.948. The molecule has 0 spiro atoms. The molecule has 1 aromatic rings. The Hall–Kier alpha value is -1.92. The molecule has 116 valence electrons. The summed E-state index contributed by atoms with van der Waals surface area (Å²) in [4.78, 5) is 32.0. The second kappa shape index (κ2) is 6.69. The highest BCUT2D eigenvalue weighted by molar-refractivity contribution is 5.90. The van der Waals surface area contributed by atoms with E-state index in [1.54, 1.807) is 4.90 Å². The van der Waals surface area contributed by atoms with Gasteiger partial charge in [0.05, 0.1) is 0 Å². The van der Waals surface area contributed by atoms with Gasteiger partial charge >= 0.3 is 0 Å². The van der Waals surface area contributed by atoms with Gasteiger partial charge in [0.2, 0.25) is 11.7 Å². The number of hydrogen-bond donors (Lipinski definition) is 1. The molecule has 2 amide bonds. The van der Waals surface area contributed by atoms with Crippen molar-refractivity contribution in [3.05, 3.63) is 11.6 Å². The summed E-state index contributed by atoms with van der Waals surface area (Å²) in [6.45, 7) is 8.06. The molecule has 21 heavy (non-hydrogen) atoms. The summed E-state index contributed by atoms with van der Waals surface area (Å²) < 4.78 is 0. The van der Waals surface area contributed by atoms with Crippen molar-refractivity contribution >= 4 is 11.8 Å². The fraction of sp³-hybridized carbons (Fsp3) is 0.714. The van der Waals surface area contributed by atoms with Crippen LogP contribution >= 0.6 is 0 Å². The molecule has 0 aromatic carbocycles. The Kier molecular flexibility index (Phi) is 4.93. The minimum atomic E-state index is -0.162. The first kappa shape index (κ1) is 15.5. The molecule has 0 radical (unpaired) electrons. The van der Waals surface area contributed by atoms with Gasteiger partial charge in [0, 0.05) is 38.5 Å². The third-order valence-electron chi connectivity index (χ3n) is 3.58. The summed E-state index contributed by atoms with van der Waals surface area (Å²) in [6.07, 6.45) is 1.75. The molecule has 1 aliphatic heterocycles. The van der Waals surface area contributed by atoms with Crippen LogP contribution in [-0.4, -0.2) is 63.0 Å². The molecular weight excluding hydrogens is 270 g/mol. The smallest absolute Gasteiger partial charge is 0.293 e. The Morgan fingerprint density at radius 2 is 1.81 bits per heavy atom. The van der Waals surface area contributed by atoms with E-state index in [9.17, 15) is 9.59 Å². The van der Waals surface area contributed by atoms with Crippen LogP contribution in [0.4, 0.5) is 0 Å². The predicted octanol–water partition coefficient (Wildman–Crippen LogP) is 0.698. The topological polar surface area (TPSA) is 82.2 Å². The molecule has 1 aliphatic rings. The number of nitrogens with one attached hydrogen (secondary N) is 1. The van der Waals surface area contributed by atoms with Gasteiger partial charge in [-0.2, -0.15) is 0 Å². The summed E-state index contributed by atoms with van der Waals surface area (Å²) >= 11 is 0. The lowest BCUT2D eigenvalue weighted by atomic mass is 10.1. The largest absolute Gasteiger partial charge is 0.339 e. The first-order chi connectivity index (χ1) is 10.0. The van der Waals surface area contributed by atoms with E-state index in [0.29, 0.717) is 26.2 Å². The molecule has 1 N–H and O–H groups in total. The summed E-state index contributed by atoms with van der Waals surface area (Å²) in [5, 5.41) is 6.78. The van der Waals surface area contributed by atoms with Gasteiger partial charge in [-0.3, -0.25) is 14.7 Å². The predicted molar refractivity (Wildman–Crippen MR) is 77.7 cm³/mol. The van der Waals surface area contributed by atoms with Crippen LogP contribution in [0.5, 0.6) is 0 Å². The Labute approximate surface area is 124 Å². The molecule has 0 unspecified atom stereocenters. The van der Waals surface area contributed by atoms with Crippen LogP contribution in [0.3, 0.4) is 0 Å². The quantitative estimate of drug-likeness (QED) is 0.886. The standard InChI is InChI=1S/C14H23N5O2/c1-4-5-11-15-12(17-16-11)14(21)19-8-6-18(7-9-19)13(20)10(2)3/h10H,4-9H2,1-3H3,(H,15,16,17). The normalized spacial score (nSPS) is 15.6. The van der Waals surface area contributed by atoms with Crippen LogP contribution in [0.15, 0.2) is 0 Å². The number of H-pyrrole nitrogens is 1. The van der Waals surface area contributed by atoms with E-state index in [-0.39, 0.29) is 23.6 Å². The zero-order valence-electron chi connectivity index (χ0n) is 12.9. The van der Waals surface area contributed by atoms with E-state index in [4.69, 9.17) is 0 Å². The number of piperazine rings is 1. The van der Waals surface area contributed by atoms with Gasteiger partial charge in [-0.05, 0) is 6.42 Å². The average molecular weight is 293 g/mol. The summed E-state index contributed by atoms with van der Waals surface area (Å²) in [7, 11) is 0. The third kappa shape index (κ3) is 3.59. The maximum atomic E-state index is 12.3. The first-order valence-corrected chi connectivity index (χ1v) is 7.52. The van der Waals surface area contributed by atoms with E-state index in [1.807, 2.05) is 18.7 Å². The second-order valence-electron chi connectivity index (χ2n) is 5.63. The minimum Gasteiger partial charge on any atom is -0.339 e. The van der Waals surface area contributed by atoms with Crippen molar-refractivity contribution < 1.29 is 9.59 Å². The van der Waals surface area contributed by atoms with Gasteiger partial charge < -0.3 is 9.80 Å². The number of carbonyl (C=O) groups is 2. The molecule has 0 bridgehead atoms. The lowest BCUT2D eigenvalue weighted by Gasteiger charge is -2.35. The van der Waals surface area contributed by atoms with Gasteiger partial charge in [-0.25, -0.2) is 4.98 Å². The number of nitrogens with zero attached hydrogens (tertiary/aromatic N) is 4. The number of aryl methyl sites for hydroxylation is 1. The van der Waals surface area contributed by atoms with Crippen LogP contribution < -0.4 is 0 Å². The Balaban J connectivity index is 1.92. The van der Waals surface area contributed by atoms with Crippen molar-refractivity contribution in [3.63, 3.8) is 0 Å². The van der Waals surface area contributed by atoms with Crippen LogP contribution in [0, 0.1) is 5.92 Å². The lowest BCUT2D eigenvalue weighted by Crippen LogP contribution is -2.51. The van der Waals surface area contributed by atoms with Crippen molar-refractivity contribution in [2.45, 2.75) is 33.6 Å². The monoisotopic (exact) mass is 293 g/mol. The van der Waals surface area contributed by atoms with Crippen molar-refractivity contribution in [3.8, 4) is 0 Å². The van der Waals surface area contributed by atoms with Gasteiger partial charge in [-0.1, -0.05) is 20.8 Å². The number of aromatic nitrogens is 3.